The van der Waals surface area contributed by atoms with E-state index in [0.717, 1.165) is 6.07 Å². The number of rotatable bonds is 4. The maximum atomic E-state index is 13.6. The predicted octanol–water partition coefficient (Wildman–Crippen LogP) is 3.43. The molecule has 2 rings (SSSR count). The van der Waals surface area contributed by atoms with E-state index in [2.05, 4.69) is 0 Å². The summed E-state index contributed by atoms with van der Waals surface area (Å²) in [6.07, 6.45) is 0.227. The van der Waals surface area contributed by atoms with E-state index in [-0.39, 0.29) is 23.4 Å². The van der Waals surface area contributed by atoms with Gasteiger partial charge in [-0.1, -0.05) is 12.1 Å². The first-order valence-corrected chi connectivity index (χ1v) is 6.64. The molecule has 0 aliphatic heterocycles. The van der Waals surface area contributed by atoms with Crippen molar-refractivity contribution in [1.29, 1.82) is 0 Å². The maximum absolute atomic E-state index is 13.6. The number of aromatic carboxylic acids is 2. The van der Waals surface area contributed by atoms with E-state index in [0.29, 0.717) is 22.3 Å². The minimum Gasteiger partial charge on any atom is -0.478 e. The average Bonchev–Trinajstić information content (AvgIpc) is 2.44. The van der Waals surface area contributed by atoms with Gasteiger partial charge < -0.3 is 10.2 Å². The molecule has 0 atom stereocenters. The van der Waals surface area contributed by atoms with Gasteiger partial charge in [-0.25, -0.2) is 14.0 Å². The molecular formula is C17H15FO4. The molecule has 0 bridgehead atoms. The highest BCUT2D eigenvalue weighted by Gasteiger charge is 2.17. The summed E-state index contributed by atoms with van der Waals surface area (Å²) in [4.78, 5) is 22.4. The average molecular weight is 302 g/mol. The van der Waals surface area contributed by atoms with Crippen LogP contribution in [0.3, 0.4) is 0 Å². The molecule has 2 N–H and O–H groups in total. The predicted molar refractivity (Wildman–Crippen MR) is 79.0 cm³/mol. The van der Waals surface area contributed by atoms with Gasteiger partial charge in [0.05, 0.1) is 11.1 Å². The van der Waals surface area contributed by atoms with Crippen LogP contribution in [0.25, 0.3) is 0 Å². The molecule has 0 spiro atoms. The number of carbonyl (C=O) groups is 2. The van der Waals surface area contributed by atoms with Crippen LogP contribution in [-0.2, 0) is 6.42 Å². The molecule has 0 radical (unpaired) electrons. The smallest absolute Gasteiger partial charge is 0.336 e. The summed E-state index contributed by atoms with van der Waals surface area (Å²) in [5, 5.41) is 18.3. The summed E-state index contributed by atoms with van der Waals surface area (Å²) >= 11 is 0. The highest BCUT2D eigenvalue weighted by molar-refractivity contribution is 5.95. The number of carboxylic acids is 2. The fourth-order valence-corrected chi connectivity index (χ4v) is 2.32. The second kappa shape index (κ2) is 5.97. The van der Waals surface area contributed by atoms with Gasteiger partial charge in [0, 0.05) is 0 Å². The van der Waals surface area contributed by atoms with Crippen LogP contribution in [0, 0.1) is 19.7 Å². The van der Waals surface area contributed by atoms with Gasteiger partial charge in [0.1, 0.15) is 5.82 Å². The Kier molecular flexibility index (Phi) is 4.26. The lowest BCUT2D eigenvalue weighted by Crippen LogP contribution is -2.09. The van der Waals surface area contributed by atoms with Crippen LogP contribution in [0.5, 0.6) is 0 Å². The summed E-state index contributed by atoms with van der Waals surface area (Å²) in [5.74, 6) is -2.73. The van der Waals surface area contributed by atoms with Crippen molar-refractivity contribution in [3.63, 3.8) is 0 Å². The minimum absolute atomic E-state index is 0.0709. The molecule has 0 saturated heterocycles. The van der Waals surface area contributed by atoms with Crippen LogP contribution in [-0.4, -0.2) is 22.2 Å². The molecule has 0 heterocycles. The number of aryl methyl sites for hydroxylation is 2. The topological polar surface area (TPSA) is 74.6 Å². The molecule has 0 aliphatic rings. The standard InChI is InChI=1S/C17H15FO4/c1-9-3-4-11(7-15(9)18)6-13-10(2)5-12(16(19)20)8-14(13)17(21)22/h3-5,7-8H,6H2,1-2H3,(H,19,20)(H,21,22). The summed E-state index contributed by atoms with van der Waals surface area (Å²) in [6.45, 7) is 3.30. The largest absolute Gasteiger partial charge is 0.478 e. The van der Waals surface area contributed by atoms with Gasteiger partial charge in [0.2, 0.25) is 0 Å². The molecule has 0 amide bonds. The lowest BCUT2D eigenvalue weighted by Gasteiger charge is -2.12. The van der Waals surface area contributed by atoms with Gasteiger partial charge in [-0.3, -0.25) is 0 Å². The monoisotopic (exact) mass is 302 g/mol. The Morgan fingerprint density at radius 3 is 2.23 bits per heavy atom. The van der Waals surface area contributed by atoms with Crippen LogP contribution >= 0.6 is 0 Å². The van der Waals surface area contributed by atoms with Gasteiger partial charge in [0.25, 0.3) is 0 Å². The van der Waals surface area contributed by atoms with Crippen molar-refractivity contribution in [3.8, 4) is 0 Å². The van der Waals surface area contributed by atoms with Crippen molar-refractivity contribution >= 4 is 11.9 Å². The Balaban J connectivity index is 2.51. The summed E-state index contributed by atoms with van der Waals surface area (Å²) in [5.41, 5.74) is 2.04. The van der Waals surface area contributed by atoms with Gasteiger partial charge in [0.15, 0.2) is 0 Å². The van der Waals surface area contributed by atoms with Crippen molar-refractivity contribution in [2.75, 3.05) is 0 Å². The molecule has 0 unspecified atom stereocenters. The second-order valence-electron chi connectivity index (χ2n) is 5.19. The van der Waals surface area contributed by atoms with Crippen molar-refractivity contribution in [2.24, 2.45) is 0 Å². The number of halogens is 1. The van der Waals surface area contributed by atoms with E-state index in [1.807, 2.05) is 0 Å². The van der Waals surface area contributed by atoms with E-state index in [1.165, 1.54) is 12.1 Å². The first-order chi connectivity index (χ1) is 10.3. The number of hydrogen-bond donors (Lipinski definition) is 2. The van der Waals surface area contributed by atoms with Crippen LogP contribution < -0.4 is 0 Å². The fraction of sp³-hybridized carbons (Fsp3) is 0.176. The Labute approximate surface area is 126 Å². The molecule has 0 aliphatic carbocycles. The van der Waals surface area contributed by atoms with Gasteiger partial charge in [-0.05, 0) is 60.7 Å². The molecule has 0 saturated carbocycles. The summed E-state index contributed by atoms with van der Waals surface area (Å²) in [7, 11) is 0. The zero-order valence-corrected chi connectivity index (χ0v) is 12.2. The van der Waals surface area contributed by atoms with E-state index >= 15 is 0 Å². The zero-order chi connectivity index (χ0) is 16.4. The highest BCUT2D eigenvalue weighted by atomic mass is 19.1. The van der Waals surface area contributed by atoms with Crippen molar-refractivity contribution < 1.29 is 24.2 Å². The number of carboxylic acid groups (broad SMARTS) is 2. The summed E-state index contributed by atoms with van der Waals surface area (Å²) in [6, 6.07) is 7.29. The van der Waals surface area contributed by atoms with E-state index in [4.69, 9.17) is 5.11 Å². The van der Waals surface area contributed by atoms with Gasteiger partial charge >= 0.3 is 11.9 Å². The van der Waals surface area contributed by atoms with E-state index in [1.54, 1.807) is 26.0 Å². The second-order valence-corrected chi connectivity index (χ2v) is 5.19. The number of benzene rings is 2. The molecule has 22 heavy (non-hydrogen) atoms. The van der Waals surface area contributed by atoms with Crippen LogP contribution in [0.2, 0.25) is 0 Å². The molecule has 2 aromatic rings. The normalized spacial score (nSPS) is 10.5. The molecular weight excluding hydrogens is 287 g/mol. The van der Waals surface area contributed by atoms with Crippen LogP contribution in [0.4, 0.5) is 4.39 Å². The quantitative estimate of drug-likeness (QED) is 0.907. The Bertz CT molecular complexity index is 765. The molecule has 2 aromatic carbocycles. The Morgan fingerprint density at radius 2 is 1.68 bits per heavy atom. The fourth-order valence-electron chi connectivity index (χ4n) is 2.32. The molecule has 5 heteroatoms. The minimum atomic E-state index is -1.20. The van der Waals surface area contributed by atoms with E-state index < -0.39 is 11.9 Å². The lowest BCUT2D eigenvalue weighted by atomic mass is 9.93. The third kappa shape index (κ3) is 3.14. The van der Waals surface area contributed by atoms with E-state index in [9.17, 15) is 19.1 Å². The van der Waals surface area contributed by atoms with Crippen molar-refractivity contribution in [3.05, 3.63) is 69.5 Å². The van der Waals surface area contributed by atoms with Gasteiger partial charge in [-0.15, -0.1) is 0 Å². The first kappa shape index (κ1) is 15.7. The molecule has 0 aromatic heterocycles. The van der Waals surface area contributed by atoms with Gasteiger partial charge in [-0.2, -0.15) is 0 Å². The van der Waals surface area contributed by atoms with Crippen molar-refractivity contribution in [2.45, 2.75) is 20.3 Å². The lowest BCUT2D eigenvalue weighted by molar-refractivity contribution is 0.0695. The number of hydrogen-bond acceptors (Lipinski definition) is 2. The van der Waals surface area contributed by atoms with Crippen LogP contribution in [0.15, 0.2) is 30.3 Å². The Hall–Kier alpha value is -2.69. The zero-order valence-electron chi connectivity index (χ0n) is 12.2. The first-order valence-electron chi connectivity index (χ1n) is 6.64. The van der Waals surface area contributed by atoms with Crippen LogP contribution in [0.1, 0.15) is 43.0 Å². The third-order valence-corrected chi connectivity index (χ3v) is 3.57. The molecule has 0 fully saturated rings. The highest BCUT2D eigenvalue weighted by Crippen LogP contribution is 2.22. The third-order valence-electron chi connectivity index (χ3n) is 3.57. The Morgan fingerprint density at radius 1 is 1.00 bits per heavy atom. The molecule has 114 valence electrons. The summed E-state index contributed by atoms with van der Waals surface area (Å²) < 4.78 is 13.6. The SMILES string of the molecule is Cc1ccc(Cc2c(C)cc(C(=O)O)cc2C(=O)O)cc1F. The maximum Gasteiger partial charge on any atom is 0.336 e. The van der Waals surface area contributed by atoms with Crippen molar-refractivity contribution in [1.82, 2.24) is 0 Å². The molecule has 4 nitrogen and oxygen atoms in total.